The third-order valence-electron chi connectivity index (χ3n) is 4.94. The molecule has 4 rings (SSSR count). The van der Waals surface area contributed by atoms with E-state index in [9.17, 15) is 0 Å². The van der Waals surface area contributed by atoms with Crippen LogP contribution in [0.5, 0.6) is 0 Å². The van der Waals surface area contributed by atoms with Crippen molar-refractivity contribution in [1.29, 1.82) is 0 Å². The van der Waals surface area contributed by atoms with Crippen LogP contribution in [-0.2, 0) is 21.8 Å². The second-order valence-electron chi connectivity index (χ2n) is 6.73. The zero-order chi connectivity index (χ0) is 16.0. The van der Waals surface area contributed by atoms with Crippen LogP contribution in [0.15, 0.2) is 66.2 Å². The quantitative estimate of drug-likeness (QED) is 0.468. The van der Waals surface area contributed by atoms with Crippen molar-refractivity contribution in [3.05, 3.63) is 77.4 Å². The Kier molecular flexibility index (Phi) is 3.86. The molecule has 0 heterocycles. The molecule has 0 saturated heterocycles. The molecular formula is C22H21Zr. The number of rotatable bonds is 2. The molecule has 0 fully saturated rings. The average Bonchev–Trinajstić information content (AvgIpc) is 2.90. The first-order valence-electron chi connectivity index (χ1n) is 8.26. The Labute approximate surface area is 146 Å². The number of benzene rings is 3. The van der Waals surface area contributed by atoms with Crippen LogP contribution >= 0.6 is 0 Å². The van der Waals surface area contributed by atoms with Crippen molar-refractivity contribution in [2.45, 2.75) is 19.8 Å². The van der Waals surface area contributed by atoms with E-state index in [0.29, 0.717) is 0 Å². The fourth-order valence-electron chi connectivity index (χ4n) is 4.01. The van der Waals surface area contributed by atoms with Crippen molar-refractivity contribution in [1.82, 2.24) is 0 Å². The molecule has 0 N–H and O–H groups in total. The molecule has 0 spiro atoms. The van der Waals surface area contributed by atoms with Gasteiger partial charge in [-0.1, -0.05) is 0 Å². The molecule has 23 heavy (non-hydrogen) atoms. The summed E-state index contributed by atoms with van der Waals surface area (Å²) in [6.07, 6.45) is 2.45. The Morgan fingerprint density at radius 3 is 2.30 bits per heavy atom. The van der Waals surface area contributed by atoms with Gasteiger partial charge in [-0.25, -0.2) is 0 Å². The van der Waals surface area contributed by atoms with E-state index < -0.39 is 21.8 Å². The third kappa shape index (κ3) is 2.46. The molecule has 1 unspecified atom stereocenters. The average molecular weight is 377 g/mol. The van der Waals surface area contributed by atoms with Gasteiger partial charge in [0.05, 0.1) is 0 Å². The monoisotopic (exact) mass is 375 g/mol. The van der Waals surface area contributed by atoms with Gasteiger partial charge in [0.1, 0.15) is 0 Å². The van der Waals surface area contributed by atoms with Crippen LogP contribution < -0.4 is 0 Å². The second kappa shape index (κ2) is 5.88. The molecule has 1 atom stereocenters. The molecular weight excluding hydrogens is 355 g/mol. The number of fused-ring (bicyclic) bond motifs is 2. The molecule has 1 aliphatic rings. The van der Waals surface area contributed by atoms with Gasteiger partial charge in [-0.2, -0.15) is 0 Å². The molecule has 0 amide bonds. The van der Waals surface area contributed by atoms with E-state index in [-0.39, 0.29) is 0 Å². The van der Waals surface area contributed by atoms with Gasteiger partial charge in [-0.3, -0.25) is 0 Å². The molecule has 0 aliphatic heterocycles. The predicted octanol–water partition coefficient (Wildman–Crippen LogP) is 6.68. The summed E-state index contributed by atoms with van der Waals surface area (Å²) >= 11 is -1.33. The first kappa shape index (κ1) is 15.1. The molecule has 3 aromatic rings. The molecule has 1 aliphatic carbocycles. The zero-order valence-corrected chi connectivity index (χ0v) is 16.4. The van der Waals surface area contributed by atoms with Crippen LogP contribution in [0.1, 0.15) is 21.7 Å². The number of allylic oxidation sites excluding steroid dienone is 1. The van der Waals surface area contributed by atoms with Crippen LogP contribution in [0, 0.1) is 0 Å². The van der Waals surface area contributed by atoms with Crippen LogP contribution in [0.2, 0.25) is 9.26 Å². The zero-order valence-electron chi connectivity index (χ0n) is 13.9. The molecule has 0 bridgehead atoms. The Hall–Kier alpha value is -1.46. The molecule has 0 radical (unpaired) electrons. The Bertz CT molecular complexity index is 913. The van der Waals surface area contributed by atoms with E-state index in [2.05, 4.69) is 82.9 Å². The summed E-state index contributed by atoms with van der Waals surface area (Å²) in [5.41, 5.74) is 7.38. The summed E-state index contributed by atoms with van der Waals surface area (Å²) in [6.45, 7) is 2.32. The second-order valence-corrected chi connectivity index (χ2v) is 13.4. The van der Waals surface area contributed by atoms with E-state index >= 15 is 0 Å². The number of hydrogen-bond donors (Lipinski definition) is 0. The topological polar surface area (TPSA) is 0 Å². The molecule has 0 nitrogen and oxygen atoms in total. The minimum atomic E-state index is -1.33. The van der Waals surface area contributed by atoms with Gasteiger partial charge in [-0.15, -0.1) is 0 Å². The standard InChI is InChI=1S/C20H15.2CH3.Zr/c1-14-12-16-8-5-11-19(20(16)13-14)18-10-4-7-15-6-2-3-9-17(15)18;;;/h2-13H,1H3;2*1H3;. The van der Waals surface area contributed by atoms with E-state index in [1.807, 2.05) is 0 Å². The van der Waals surface area contributed by atoms with Crippen molar-refractivity contribution in [2.24, 2.45) is 0 Å². The predicted molar refractivity (Wildman–Crippen MR) is 97.5 cm³/mol. The minimum absolute atomic E-state index is 0.752. The first-order valence-corrected chi connectivity index (χ1v) is 14.6. The van der Waals surface area contributed by atoms with Gasteiger partial charge in [-0.05, 0) is 0 Å². The van der Waals surface area contributed by atoms with Crippen LogP contribution in [0.25, 0.3) is 28.0 Å². The van der Waals surface area contributed by atoms with Gasteiger partial charge in [0.2, 0.25) is 0 Å². The Balaban J connectivity index is 1.99. The molecule has 0 aromatic heterocycles. The summed E-state index contributed by atoms with van der Waals surface area (Å²) in [6, 6.07) is 22.3. The van der Waals surface area contributed by atoms with Gasteiger partial charge in [0.25, 0.3) is 0 Å². The van der Waals surface area contributed by atoms with E-state index in [1.54, 1.807) is 11.1 Å². The van der Waals surface area contributed by atoms with Crippen molar-refractivity contribution in [2.75, 3.05) is 0 Å². The van der Waals surface area contributed by atoms with E-state index in [1.165, 1.54) is 27.5 Å². The summed E-state index contributed by atoms with van der Waals surface area (Å²) < 4.78 is 5.79. The maximum atomic E-state index is 2.52. The van der Waals surface area contributed by atoms with Crippen LogP contribution in [0.4, 0.5) is 0 Å². The first-order chi connectivity index (χ1) is 11.2. The summed E-state index contributed by atoms with van der Waals surface area (Å²) in [5.74, 6) is 0. The normalized spacial score (nSPS) is 16.3. The number of hydrogen-bond acceptors (Lipinski definition) is 0. The van der Waals surface area contributed by atoms with Gasteiger partial charge >= 0.3 is 147 Å². The Morgan fingerprint density at radius 2 is 1.48 bits per heavy atom. The SMILES string of the molecule is CC1=Cc2c(-c3cccc4ccccc34)cccc2[CH]1[Zr]([CH3])[CH3]. The van der Waals surface area contributed by atoms with Crippen molar-refractivity contribution >= 4 is 16.8 Å². The van der Waals surface area contributed by atoms with Crippen LogP contribution in [-0.4, -0.2) is 0 Å². The third-order valence-corrected chi connectivity index (χ3v) is 9.66. The van der Waals surface area contributed by atoms with Crippen molar-refractivity contribution in [3.63, 3.8) is 0 Å². The summed E-state index contributed by atoms with van der Waals surface area (Å²) in [5, 5.41) is 2.67. The van der Waals surface area contributed by atoms with Gasteiger partial charge in [0.15, 0.2) is 0 Å². The Morgan fingerprint density at radius 1 is 0.783 bits per heavy atom. The molecule has 3 aromatic carbocycles. The fourth-order valence-corrected chi connectivity index (χ4v) is 8.60. The summed E-state index contributed by atoms with van der Waals surface area (Å²) in [7, 11) is 0. The van der Waals surface area contributed by atoms with Crippen LogP contribution in [0.3, 0.4) is 0 Å². The van der Waals surface area contributed by atoms with Crippen molar-refractivity contribution < 1.29 is 21.8 Å². The van der Waals surface area contributed by atoms with E-state index in [4.69, 9.17) is 0 Å². The summed E-state index contributed by atoms with van der Waals surface area (Å²) in [4.78, 5) is 0. The molecule has 0 saturated carbocycles. The molecule has 1 heteroatoms. The maximum absolute atomic E-state index is 2.52. The van der Waals surface area contributed by atoms with E-state index in [0.717, 1.165) is 3.63 Å². The fraction of sp³-hybridized carbons (Fsp3) is 0.182. The molecule has 113 valence electrons. The van der Waals surface area contributed by atoms with Gasteiger partial charge < -0.3 is 0 Å². The van der Waals surface area contributed by atoms with Gasteiger partial charge in [0, 0.05) is 0 Å². The van der Waals surface area contributed by atoms with Crippen molar-refractivity contribution in [3.8, 4) is 11.1 Å².